The number of carbonyl (C=O) groups excluding carboxylic acids is 1. The third-order valence-electron chi connectivity index (χ3n) is 4.13. The van der Waals surface area contributed by atoms with Gasteiger partial charge in [-0.3, -0.25) is 9.78 Å². The Morgan fingerprint density at radius 2 is 1.96 bits per heavy atom. The summed E-state index contributed by atoms with van der Waals surface area (Å²) in [5.74, 6) is 1.11. The Bertz CT molecular complexity index is 1050. The van der Waals surface area contributed by atoms with E-state index in [0.29, 0.717) is 23.6 Å². The molecular formula is C21H18N4O2. The summed E-state index contributed by atoms with van der Waals surface area (Å²) in [6.07, 6.45) is 5.15. The van der Waals surface area contributed by atoms with Gasteiger partial charge in [-0.2, -0.15) is 5.10 Å². The number of carbonyl (C=O) groups is 1. The average Bonchev–Trinajstić information content (AvgIpc) is 3.34. The third kappa shape index (κ3) is 3.64. The molecule has 1 amide bonds. The van der Waals surface area contributed by atoms with Gasteiger partial charge >= 0.3 is 0 Å². The van der Waals surface area contributed by atoms with Gasteiger partial charge in [0.15, 0.2) is 5.76 Å². The minimum atomic E-state index is -0.218. The van der Waals surface area contributed by atoms with Gasteiger partial charge in [-0.1, -0.05) is 24.3 Å². The van der Waals surface area contributed by atoms with Gasteiger partial charge in [-0.15, -0.1) is 0 Å². The summed E-state index contributed by atoms with van der Waals surface area (Å²) in [5.41, 5.74) is 2.76. The van der Waals surface area contributed by atoms with Crippen molar-refractivity contribution in [1.29, 1.82) is 0 Å². The Morgan fingerprint density at radius 3 is 2.67 bits per heavy atom. The smallest absolute Gasteiger partial charge is 0.255 e. The van der Waals surface area contributed by atoms with Crippen LogP contribution in [-0.2, 0) is 6.54 Å². The lowest BCUT2D eigenvalue weighted by molar-refractivity contribution is 0.0951. The zero-order valence-electron chi connectivity index (χ0n) is 14.8. The van der Waals surface area contributed by atoms with Gasteiger partial charge in [0.25, 0.3) is 5.91 Å². The van der Waals surface area contributed by atoms with E-state index in [1.165, 1.54) is 0 Å². The molecule has 0 unspecified atom stereocenters. The lowest BCUT2D eigenvalue weighted by Crippen LogP contribution is -2.23. The number of nitrogens with zero attached hydrogens (tertiary/aromatic N) is 3. The Hall–Kier alpha value is -3.67. The van der Waals surface area contributed by atoms with E-state index in [2.05, 4.69) is 15.4 Å². The molecule has 0 saturated carbocycles. The van der Waals surface area contributed by atoms with Gasteiger partial charge in [0.05, 0.1) is 11.3 Å². The molecule has 4 aromatic rings. The van der Waals surface area contributed by atoms with Gasteiger partial charge in [-0.05, 0) is 42.8 Å². The molecule has 0 bridgehead atoms. The summed E-state index contributed by atoms with van der Waals surface area (Å²) in [4.78, 5) is 16.9. The van der Waals surface area contributed by atoms with Crippen LogP contribution in [0.4, 0.5) is 0 Å². The molecule has 6 heteroatoms. The largest absolute Gasteiger partial charge is 0.460 e. The fourth-order valence-electron chi connectivity index (χ4n) is 2.78. The van der Waals surface area contributed by atoms with Crippen LogP contribution in [0.3, 0.4) is 0 Å². The van der Waals surface area contributed by atoms with Gasteiger partial charge in [0, 0.05) is 25.1 Å². The third-order valence-corrected chi connectivity index (χ3v) is 4.13. The minimum absolute atomic E-state index is 0.218. The molecule has 0 aliphatic rings. The van der Waals surface area contributed by atoms with Crippen LogP contribution in [0, 0.1) is 6.92 Å². The van der Waals surface area contributed by atoms with Crippen LogP contribution >= 0.6 is 0 Å². The number of aryl methyl sites for hydroxylation is 1. The number of amides is 1. The maximum absolute atomic E-state index is 12.8. The van der Waals surface area contributed by atoms with E-state index in [1.807, 2.05) is 61.5 Å². The van der Waals surface area contributed by atoms with E-state index in [9.17, 15) is 4.79 Å². The minimum Gasteiger partial charge on any atom is -0.460 e. The maximum Gasteiger partial charge on any atom is 0.255 e. The van der Waals surface area contributed by atoms with Crippen LogP contribution in [0.2, 0.25) is 0 Å². The lowest BCUT2D eigenvalue weighted by Gasteiger charge is -2.04. The molecule has 3 aromatic heterocycles. The number of aromatic nitrogens is 3. The van der Waals surface area contributed by atoms with E-state index in [-0.39, 0.29) is 5.91 Å². The van der Waals surface area contributed by atoms with Crippen molar-refractivity contribution in [3.63, 3.8) is 0 Å². The van der Waals surface area contributed by atoms with E-state index >= 15 is 0 Å². The predicted octanol–water partition coefficient (Wildman–Crippen LogP) is 3.77. The van der Waals surface area contributed by atoms with E-state index in [4.69, 9.17) is 4.42 Å². The SMILES string of the molecule is Cc1ccc(-c2nn(-c3ccccc3)cc2C(=O)NCc2cccnc2)o1. The summed E-state index contributed by atoms with van der Waals surface area (Å²) in [7, 11) is 0. The van der Waals surface area contributed by atoms with Gasteiger partial charge < -0.3 is 9.73 Å². The number of hydrogen-bond donors (Lipinski definition) is 1. The molecule has 0 spiro atoms. The van der Waals surface area contributed by atoms with Crippen LogP contribution in [-0.4, -0.2) is 20.7 Å². The predicted molar refractivity (Wildman–Crippen MR) is 101 cm³/mol. The molecule has 0 aliphatic carbocycles. The fraction of sp³-hybridized carbons (Fsp3) is 0.0952. The molecule has 4 rings (SSSR count). The molecule has 0 saturated heterocycles. The first-order chi connectivity index (χ1) is 13.2. The fourth-order valence-corrected chi connectivity index (χ4v) is 2.78. The van der Waals surface area contributed by atoms with Gasteiger partial charge in [-0.25, -0.2) is 4.68 Å². The average molecular weight is 358 g/mol. The van der Waals surface area contributed by atoms with E-state index in [1.54, 1.807) is 23.3 Å². The Kier molecular flexibility index (Phi) is 4.53. The zero-order valence-corrected chi connectivity index (χ0v) is 14.8. The molecule has 134 valence electrons. The zero-order chi connectivity index (χ0) is 18.6. The van der Waals surface area contributed by atoms with Crippen LogP contribution in [0.1, 0.15) is 21.7 Å². The van der Waals surface area contributed by atoms with Crippen molar-refractivity contribution >= 4 is 5.91 Å². The lowest BCUT2D eigenvalue weighted by atomic mass is 10.2. The Balaban J connectivity index is 1.67. The van der Waals surface area contributed by atoms with Crippen molar-refractivity contribution in [3.8, 4) is 17.1 Å². The normalized spacial score (nSPS) is 10.7. The molecule has 0 fully saturated rings. The highest BCUT2D eigenvalue weighted by Gasteiger charge is 2.20. The monoisotopic (exact) mass is 358 g/mol. The standard InChI is InChI=1S/C21H18N4O2/c1-15-9-10-19(27-15)20-18(14-25(24-20)17-7-3-2-4-8-17)21(26)23-13-16-6-5-11-22-12-16/h2-12,14H,13H2,1H3,(H,23,26). The Labute approximate surface area is 156 Å². The molecule has 3 heterocycles. The van der Waals surface area contributed by atoms with Crippen molar-refractivity contribution in [2.24, 2.45) is 0 Å². The van der Waals surface area contributed by atoms with E-state index < -0.39 is 0 Å². The summed E-state index contributed by atoms with van der Waals surface area (Å²) >= 11 is 0. The quantitative estimate of drug-likeness (QED) is 0.589. The number of benzene rings is 1. The van der Waals surface area contributed by atoms with Gasteiger partial charge in [0.2, 0.25) is 0 Å². The first-order valence-corrected chi connectivity index (χ1v) is 8.60. The number of pyridine rings is 1. The number of hydrogen-bond acceptors (Lipinski definition) is 4. The van der Waals surface area contributed by atoms with Crippen molar-refractivity contribution in [2.75, 3.05) is 0 Å². The van der Waals surface area contributed by atoms with Crippen LogP contribution in [0.25, 0.3) is 17.1 Å². The molecule has 27 heavy (non-hydrogen) atoms. The summed E-state index contributed by atoms with van der Waals surface area (Å²) < 4.78 is 7.39. The number of furan rings is 1. The molecule has 0 radical (unpaired) electrons. The van der Waals surface area contributed by atoms with Crippen molar-refractivity contribution < 1.29 is 9.21 Å². The topological polar surface area (TPSA) is 73.0 Å². The number of nitrogens with one attached hydrogen (secondary N) is 1. The van der Waals surface area contributed by atoms with E-state index in [0.717, 1.165) is 17.0 Å². The summed E-state index contributed by atoms with van der Waals surface area (Å²) in [6, 6.07) is 17.1. The van der Waals surface area contributed by atoms with Crippen LogP contribution in [0.15, 0.2) is 77.6 Å². The maximum atomic E-state index is 12.8. The molecule has 6 nitrogen and oxygen atoms in total. The first-order valence-electron chi connectivity index (χ1n) is 8.60. The molecule has 0 atom stereocenters. The summed E-state index contributed by atoms with van der Waals surface area (Å²) in [6.45, 7) is 2.25. The Morgan fingerprint density at radius 1 is 1.11 bits per heavy atom. The van der Waals surface area contributed by atoms with Crippen LogP contribution < -0.4 is 5.32 Å². The molecule has 1 N–H and O–H groups in total. The highest BCUT2D eigenvalue weighted by molar-refractivity contribution is 5.99. The second-order valence-corrected chi connectivity index (χ2v) is 6.13. The second-order valence-electron chi connectivity index (χ2n) is 6.13. The second kappa shape index (κ2) is 7.29. The highest BCUT2D eigenvalue weighted by atomic mass is 16.3. The summed E-state index contributed by atoms with van der Waals surface area (Å²) in [5, 5.41) is 7.51. The molecule has 0 aliphatic heterocycles. The van der Waals surface area contributed by atoms with Gasteiger partial charge in [0.1, 0.15) is 11.5 Å². The van der Waals surface area contributed by atoms with Crippen molar-refractivity contribution in [1.82, 2.24) is 20.1 Å². The highest BCUT2D eigenvalue weighted by Crippen LogP contribution is 2.25. The van der Waals surface area contributed by atoms with Crippen LogP contribution in [0.5, 0.6) is 0 Å². The first kappa shape index (κ1) is 16.8. The number of para-hydroxylation sites is 1. The van der Waals surface area contributed by atoms with Crippen molar-refractivity contribution in [2.45, 2.75) is 13.5 Å². The molecular weight excluding hydrogens is 340 g/mol. The van der Waals surface area contributed by atoms with Crippen molar-refractivity contribution in [3.05, 3.63) is 90.1 Å². The number of rotatable bonds is 5. The molecule has 1 aromatic carbocycles.